The van der Waals surface area contributed by atoms with Crippen LogP contribution in [0.3, 0.4) is 0 Å². The molecule has 0 fully saturated rings. The molecule has 9 heteroatoms. The Morgan fingerprint density at radius 2 is 1.93 bits per heavy atom. The molecule has 2 aromatic rings. The molecule has 0 spiro atoms. The second kappa shape index (κ2) is 9.77. The van der Waals surface area contributed by atoms with Crippen molar-refractivity contribution in [2.75, 3.05) is 13.6 Å². The summed E-state index contributed by atoms with van der Waals surface area (Å²) in [4.78, 5) is 36.5. The molecule has 2 rings (SSSR count). The molecule has 144 valence electrons. The third kappa shape index (κ3) is 5.85. The van der Waals surface area contributed by atoms with Crippen LogP contribution in [-0.2, 0) is 9.59 Å². The summed E-state index contributed by atoms with van der Waals surface area (Å²) in [5.41, 5.74) is 0.132. The fourth-order valence-corrected chi connectivity index (χ4v) is 2.96. The Kier molecular flexibility index (Phi) is 7.42. The van der Waals surface area contributed by atoms with Gasteiger partial charge in [0.15, 0.2) is 11.6 Å². The minimum atomic E-state index is -1.14. The van der Waals surface area contributed by atoms with E-state index in [4.69, 9.17) is 0 Å². The monoisotopic (exact) mass is 395 g/mol. The number of thiophene rings is 1. The number of benzene rings is 1. The van der Waals surface area contributed by atoms with Crippen molar-refractivity contribution < 1.29 is 23.2 Å². The number of rotatable bonds is 8. The molecule has 0 aliphatic rings. The second-order valence-electron chi connectivity index (χ2n) is 5.63. The van der Waals surface area contributed by atoms with Gasteiger partial charge in [-0.25, -0.2) is 8.78 Å². The van der Waals surface area contributed by atoms with Gasteiger partial charge in [-0.1, -0.05) is 12.1 Å². The standard InChI is InChI=1S/C18H19F2N3O3S/c1-21-18(26)16(11-6-7-12(19)13(20)10-11)23-15(24)5-2-8-22-17(25)14-4-3-9-27-14/h3-4,6-7,9-10,16H,2,5,8H2,1H3,(H,21,26)(H,22,25)(H,23,24). The second-order valence-corrected chi connectivity index (χ2v) is 6.57. The highest BCUT2D eigenvalue weighted by Crippen LogP contribution is 2.17. The van der Waals surface area contributed by atoms with E-state index in [1.165, 1.54) is 24.5 Å². The van der Waals surface area contributed by atoms with Crippen LogP contribution >= 0.6 is 11.3 Å². The number of carbonyl (C=O) groups excluding carboxylic acids is 3. The first-order valence-corrected chi connectivity index (χ1v) is 9.08. The summed E-state index contributed by atoms with van der Waals surface area (Å²) in [6.45, 7) is 0.292. The third-order valence-corrected chi connectivity index (χ3v) is 4.57. The van der Waals surface area contributed by atoms with Crippen LogP contribution in [0, 0.1) is 11.6 Å². The van der Waals surface area contributed by atoms with Gasteiger partial charge in [0, 0.05) is 20.0 Å². The van der Waals surface area contributed by atoms with Gasteiger partial charge < -0.3 is 16.0 Å². The van der Waals surface area contributed by atoms with Crippen molar-refractivity contribution in [2.45, 2.75) is 18.9 Å². The van der Waals surface area contributed by atoms with Gasteiger partial charge in [0.05, 0.1) is 4.88 Å². The van der Waals surface area contributed by atoms with Gasteiger partial charge >= 0.3 is 0 Å². The molecule has 0 bridgehead atoms. The number of amides is 3. The smallest absolute Gasteiger partial charge is 0.261 e. The fourth-order valence-electron chi connectivity index (χ4n) is 2.32. The van der Waals surface area contributed by atoms with E-state index in [2.05, 4.69) is 16.0 Å². The van der Waals surface area contributed by atoms with Crippen LogP contribution in [0.5, 0.6) is 0 Å². The summed E-state index contributed by atoms with van der Waals surface area (Å²) >= 11 is 1.32. The molecule has 0 aliphatic heterocycles. The van der Waals surface area contributed by atoms with Crippen LogP contribution in [0.2, 0.25) is 0 Å². The van der Waals surface area contributed by atoms with Crippen LogP contribution < -0.4 is 16.0 Å². The lowest BCUT2D eigenvalue weighted by molar-refractivity contribution is -0.128. The Balaban J connectivity index is 1.87. The summed E-state index contributed by atoms with van der Waals surface area (Å²) in [5.74, 6) is -3.36. The zero-order valence-corrected chi connectivity index (χ0v) is 15.4. The Bertz CT molecular complexity index is 812. The van der Waals surface area contributed by atoms with Crippen LogP contribution in [0.15, 0.2) is 35.7 Å². The van der Waals surface area contributed by atoms with Crippen molar-refractivity contribution in [1.29, 1.82) is 0 Å². The van der Waals surface area contributed by atoms with E-state index in [0.29, 0.717) is 17.8 Å². The zero-order chi connectivity index (χ0) is 19.8. The summed E-state index contributed by atoms with van der Waals surface area (Å²) in [6.07, 6.45) is 0.420. The predicted molar refractivity (Wildman–Crippen MR) is 97.2 cm³/mol. The third-order valence-electron chi connectivity index (χ3n) is 3.70. The minimum Gasteiger partial charge on any atom is -0.357 e. The Morgan fingerprint density at radius 3 is 2.56 bits per heavy atom. The van der Waals surface area contributed by atoms with Gasteiger partial charge in [-0.15, -0.1) is 11.3 Å². The normalized spacial score (nSPS) is 11.5. The van der Waals surface area contributed by atoms with Gasteiger partial charge in [-0.05, 0) is 35.6 Å². The molecule has 0 aliphatic carbocycles. The average Bonchev–Trinajstić information content (AvgIpc) is 3.19. The molecule has 0 radical (unpaired) electrons. The minimum absolute atomic E-state index is 0.0574. The van der Waals surface area contributed by atoms with E-state index in [-0.39, 0.29) is 17.9 Å². The molecule has 3 amide bonds. The number of hydrogen-bond acceptors (Lipinski definition) is 4. The summed E-state index contributed by atoms with van der Waals surface area (Å²) < 4.78 is 26.5. The van der Waals surface area contributed by atoms with Crippen molar-refractivity contribution in [1.82, 2.24) is 16.0 Å². The molecular formula is C18H19F2N3O3S. The molecular weight excluding hydrogens is 376 g/mol. The first-order valence-electron chi connectivity index (χ1n) is 8.20. The Morgan fingerprint density at radius 1 is 1.15 bits per heavy atom. The van der Waals surface area contributed by atoms with Crippen LogP contribution in [0.4, 0.5) is 8.78 Å². The molecule has 27 heavy (non-hydrogen) atoms. The first-order chi connectivity index (χ1) is 12.9. The van der Waals surface area contributed by atoms with Crippen molar-refractivity contribution in [2.24, 2.45) is 0 Å². The zero-order valence-electron chi connectivity index (χ0n) is 14.6. The largest absolute Gasteiger partial charge is 0.357 e. The quantitative estimate of drug-likeness (QED) is 0.599. The van der Waals surface area contributed by atoms with E-state index in [9.17, 15) is 23.2 Å². The Hall–Kier alpha value is -2.81. The van der Waals surface area contributed by atoms with Crippen LogP contribution in [-0.4, -0.2) is 31.3 Å². The SMILES string of the molecule is CNC(=O)C(NC(=O)CCCNC(=O)c1cccs1)c1ccc(F)c(F)c1. The van der Waals surface area contributed by atoms with Crippen LogP contribution in [0.25, 0.3) is 0 Å². The molecule has 3 N–H and O–H groups in total. The van der Waals surface area contributed by atoms with Crippen molar-refractivity contribution in [3.63, 3.8) is 0 Å². The molecule has 6 nitrogen and oxygen atoms in total. The lowest BCUT2D eigenvalue weighted by Gasteiger charge is -2.18. The number of likely N-dealkylation sites (N-methyl/N-ethyl adjacent to an activating group) is 1. The number of halogens is 2. The topological polar surface area (TPSA) is 87.3 Å². The maximum atomic E-state index is 13.4. The van der Waals surface area contributed by atoms with E-state index in [1.807, 2.05) is 0 Å². The average molecular weight is 395 g/mol. The lowest BCUT2D eigenvalue weighted by Crippen LogP contribution is -2.39. The molecule has 0 saturated carbocycles. The highest BCUT2D eigenvalue weighted by molar-refractivity contribution is 7.12. The number of carbonyl (C=O) groups is 3. The highest BCUT2D eigenvalue weighted by Gasteiger charge is 2.22. The molecule has 1 aromatic heterocycles. The van der Waals surface area contributed by atoms with Crippen molar-refractivity contribution in [3.05, 3.63) is 57.8 Å². The molecule has 1 aromatic carbocycles. The number of nitrogens with one attached hydrogen (secondary N) is 3. The van der Waals surface area contributed by atoms with Gasteiger partial charge in [-0.3, -0.25) is 14.4 Å². The fraction of sp³-hybridized carbons (Fsp3) is 0.278. The van der Waals surface area contributed by atoms with E-state index in [0.717, 1.165) is 12.1 Å². The first kappa shape index (κ1) is 20.5. The molecule has 1 unspecified atom stereocenters. The van der Waals surface area contributed by atoms with Gasteiger partial charge in [-0.2, -0.15) is 0 Å². The van der Waals surface area contributed by atoms with Crippen molar-refractivity contribution >= 4 is 29.1 Å². The van der Waals surface area contributed by atoms with E-state index >= 15 is 0 Å². The summed E-state index contributed by atoms with van der Waals surface area (Å²) in [5, 5.41) is 9.36. The maximum absolute atomic E-state index is 13.4. The summed E-state index contributed by atoms with van der Waals surface area (Å²) in [7, 11) is 1.38. The van der Waals surface area contributed by atoms with E-state index < -0.39 is 29.5 Å². The number of hydrogen-bond donors (Lipinski definition) is 3. The maximum Gasteiger partial charge on any atom is 0.261 e. The summed E-state index contributed by atoms with van der Waals surface area (Å²) in [6, 6.07) is 5.33. The molecule has 1 atom stereocenters. The highest BCUT2D eigenvalue weighted by atomic mass is 32.1. The lowest BCUT2D eigenvalue weighted by atomic mass is 10.1. The van der Waals surface area contributed by atoms with Crippen molar-refractivity contribution in [3.8, 4) is 0 Å². The predicted octanol–water partition coefficient (Wildman–Crippen LogP) is 2.14. The Labute approximate surface area is 159 Å². The van der Waals surface area contributed by atoms with E-state index in [1.54, 1.807) is 17.5 Å². The van der Waals surface area contributed by atoms with Gasteiger partial charge in [0.25, 0.3) is 5.91 Å². The van der Waals surface area contributed by atoms with Gasteiger partial charge in [0.2, 0.25) is 11.8 Å². The molecule has 1 heterocycles. The molecule has 0 saturated heterocycles. The van der Waals surface area contributed by atoms with Gasteiger partial charge in [0.1, 0.15) is 6.04 Å². The van der Waals surface area contributed by atoms with Crippen LogP contribution in [0.1, 0.15) is 34.1 Å².